The van der Waals surface area contributed by atoms with Crippen LogP contribution in [0.5, 0.6) is 0 Å². The zero-order chi connectivity index (χ0) is 20.3. The summed E-state index contributed by atoms with van der Waals surface area (Å²) in [5.74, 6) is 0.397. The van der Waals surface area contributed by atoms with Gasteiger partial charge in [-0.2, -0.15) is 9.57 Å². The molecule has 152 valence electrons. The second-order valence-electron chi connectivity index (χ2n) is 7.71. The maximum absolute atomic E-state index is 13.0. The van der Waals surface area contributed by atoms with Crippen LogP contribution in [0.15, 0.2) is 29.2 Å². The minimum atomic E-state index is -3.64. The van der Waals surface area contributed by atoms with E-state index in [4.69, 9.17) is 5.26 Å². The van der Waals surface area contributed by atoms with E-state index in [0.717, 1.165) is 25.7 Å². The van der Waals surface area contributed by atoms with Crippen LogP contribution in [0.3, 0.4) is 0 Å². The first-order valence-corrected chi connectivity index (χ1v) is 11.3. The number of sulfonamides is 1. The van der Waals surface area contributed by atoms with Crippen LogP contribution in [0.4, 0.5) is 0 Å². The summed E-state index contributed by atoms with van der Waals surface area (Å²) in [7, 11) is -1.85. The molecule has 1 saturated heterocycles. The number of nitrogens with one attached hydrogen (secondary N) is 2. The van der Waals surface area contributed by atoms with Gasteiger partial charge in [-0.15, -0.1) is 0 Å². The molecule has 1 aliphatic carbocycles. The highest BCUT2D eigenvalue weighted by molar-refractivity contribution is 7.89. The van der Waals surface area contributed by atoms with Crippen molar-refractivity contribution in [3.8, 4) is 6.07 Å². The van der Waals surface area contributed by atoms with Gasteiger partial charge in [-0.3, -0.25) is 4.79 Å². The van der Waals surface area contributed by atoms with E-state index >= 15 is 0 Å². The van der Waals surface area contributed by atoms with Crippen LogP contribution in [0.25, 0.3) is 0 Å². The molecule has 0 radical (unpaired) electrons. The van der Waals surface area contributed by atoms with Gasteiger partial charge in [0.25, 0.3) is 0 Å². The van der Waals surface area contributed by atoms with Crippen molar-refractivity contribution in [2.75, 3.05) is 20.1 Å². The van der Waals surface area contributed by atoms with Crippen molar-refractivity contribution in [2.45, 2.75) is 49.6 Å². The molecule has 0 aromatic heterocycles. The molecule has 28 heavy (non-hydrogen) atoms. The van der Waals surface area contributed by atoms with Crippen LogP contribution in [-0.4, -0.2) is 50.9 Å². The molecule has 1 aromatic carbocycles. The molecule has 1 aromatic rings. The van der Waals surface area contributed by atoms with Gasteiger partial charge in [0.15, 0.2) is 0 Å². The van der Waals surface area contributed by atoms with Crippen molar-refractivity contribution >= 4 is 15.9 Å². The third-order valence-corrected chi connectivity index (χ3v) is 7.82. The molecule has 1 heterocycles. The summed E-state index contributed by atoms with van der Waals surface area (Å²) in [5.41, 5.74) is 0.333. The van der Waals surface area contributed by atoms with Crippen molar-refractivity contribution in [1.82, 2.24) is 14.9 Å². The highest BCUT2D eigenvalue weighted by Crippen LogP contribution is 2.40. The molecule has 8 heteroatoms. The van der Waals surface area contributed by atoms with E-state index in [1.165, 1.54) is 16.4 Å². The Morgan fingerprint density at radius 3 is 2.82 bits per heavy atom. The number of carbonyl (C=O) groups excluding carboxylic acids is 1. The molecular weight excluding hydrogens is 376 g/mol. The normalized spacial score (nSPS) is 25.8. The standard InChI is InChI=1S/C20H28N4O3S/c1-3-5-19(22-2)20(25)23-18-9-8-15-12-24(13-17(15)18)28(26,27)16-7-4-6-14(10-16)11-21/h4,6-7,10,15,17-19,22H,3,5,8-9,12-13H2,1-2H3,(H,23,25)/t15-,17+,18+,19+/m1/s1. The van der Waals surface area contributed by atoms with Gasteiger partial charge in [-0.1, -0.05) is 19.4 Å². The van der Waals surface area contributed by atoms with E-state index < -0.39 is 10.0 Å². The summed E-state index contributed by atoms with van der Waals surface area (Å²) in [6.45, 7) is 2.93. The lowest BCUT2D eigenvalue weighted by Crippen LogP contribution is -2.48. The third-order valence-electron chi connectivity index (χ3n) is 5.99. The fraction of sp³-hybridized carbons (Fsp3) is 0.600. The molecule has 2 N–H and O–H groups in total. The zero-order valence-electron chi connectivity index (χ0n) is 16.4. The molecule has 0 unspecified atom stereocenters. The lowest BCUT2D eigenvalue weighted by molar-refractivity contribution is -0.124. The summed E-state index contributed by atoms with van der Waals surface area (Å²) in [4.78, 5) is 12.7. The van der Waals surface area contributed by atoms with E-state index in [1.54, 1.807) is 19.2 Å². The quantitative estimate of drug-likeness (QED) is 0.716. The zero-order valence-corrected chi connectivity index (χ0v) is 17.2. The van der Waals surface area contributed by atoms with Crippen molar-refractivity contribution < 1.29 is 13.2 Å². The number of benzene rings is 1. The van der Waals surface area contributed by atoms with Crippen LogP contribution in [-0.2, 0) is 14.8 Å². The van der Waals surface area contributed by atoms with E-state index in [0.29, 0.717) is 18.7 Å². The number of amides is 1. The van der Waals surface area contributed by atoms with E-state index in [1.807, 2.05) is 13.0 Å². The number of hydrogen-bond donors (Lipinski definition) is 2. The van der Waals surface area contributed by atoms with Gasteiger partial charge in [-0.05, 0) is 56.3 Å². The van der Waals surface area contributed by atoms with Crippen LogP contribution < -0.4 is 10.6 Å². The van der Waals surface area contributed by atoms with Gasteiger partial charge in [0.2, 0.25) is 15.9 Å². The summed E-state index contributed by atoms with van der Waals surface area (Å²) in [6, 6.07) is 7.93. The molecule has 1 aliphatic heterocycles. The fourth-order valence-electron chi connectivity index (χ4n) is 4.45. The molecule has 4 atom stereocenters. The van der Waals surface area contributed by atoms with Crippen LogP contribution >= 0.6 is 0 Å². The predicted octanol–water partition coefficient (Wildman–Crippen LogP) is 1.46. The summed E-state index contributed by atoms with van der Waals surface area (Å²) < 4.78 is 27.6. The number of nitriles is 1. The number of carbonyl (C=O) groups is 1. The van der Waals surface area contributed by atoms with Crippen molar-refractivity contribution in [1.29, 1.82) is 5.26 Å². The second kappa shape index (κ2) is 8.60. The van der Waals surface area contributed by atoms with Crippen molar-refractivity contribution in [3.63, 3.8) is 0 Å². The lowest BCUT2D eigenvalue weighted by Gasteiger charge is -2.24. The first-order chi connectivity index (χ1) is 13.4. The Morgan fingerprint density at radius 1 is 1.36 bits per heavy atom. The lowest BCUT2D eigenvalue weighted by atomic mass is 9.97. The minimum Gasteiger partial charge on any atom is -0.352 e. The Hall–Kier alpha value is -1.95. The maximum Gasteiger partial charge on any atom is 0.243 e. The molecule has 1 amide bonds. The average molecular weight is 405 g/mol. The average Bonchev–Trinajstić information content (AvgIpc) is 3.28. The number of likely N-dealkylation sites (N-methyl/N-ethyl adjacent to an activating group) is 1. The molecule has 3 rings (SSSR count). The van der Waals surface area contributed by atoms with Gasteiger partial charge < -0.3 is 10.6 Å². The molecule has 2 aliphatic rings. The Bertz CT molecular complexity index is 864. The molecule has 1 saturated carbocycles. The van der Waals surface area contributed by atoms with E-state index in [9.17, 15) is 13.2 Å². The number of rotatable bonds is 7. The fourth-order valence-corrected chi connectivity index (χ4v) is 6.03. The van der Waals surface area contributed by atoms with Gasteiger partial charge in [-0.25, -0.2) is 8.42 Å². The largest absolute Gasteiger partial charge is 0.352 e. The van der Waals surface area contributed by atoms with Crippen molar-refractivity contribution in [2.24, 2.45) is 11.8 Å². The second-order valence-corrected chi connectivity index (χ2v) is 9.65. The Kier molecular flexibility index (Phi) is 6.38. The monoisotopic (exact) mass is 404 g/mol. The minimum absolute atomic E-state index is 0.00183. The summed E-state index contributed by atoms with van der Waals surface area (Å²) >= 11 is 0. The molecule has 0 spiro atoms. The number of fused-ring (bicyclic) bond motifs is 1. The smallest absolute Gasteiger partial charge is 0.243 e. The Morgan fingerprint density at radius 2 is 2.14 bits per heavy atom. The molecule has 0 bridgehead atoms. The van der Waals surface area contributed by atoms with Gasteiger partial charge in [0.05, 0.1) is 22.6 Å². The molecule has 7 nitrogen and oxygen atoms in total. The number of hydrogen-bond acceptors (Lipinski definition) is 5. The maximum atomic E-state index is 13.0. The predicted molar refractivity (Wildman–Crippen MR) is 106 cm³/mol. The highest BCUT2D eigenvalue weighted by Gasteiger charge is 2.47. The number of nitrogens with zero attached hydrogens (tertiary/aromatic N) is 2. The SMILES string of the molecule is CCC[C@H](NC)C(=O)N[C@H]1CC[C@@H]2CN(S(=O)(=O)c3cccc(C#N)c3)C[C@@H]21. The summed E-state index contributed by atoms with van der Waals surface area (Å²) in [6.07, 6.45) is 3.50. The van der Waals surface area contributed by atoms with Gasteiger partial charge in [0.1, 0.15) is 0 Å². The highest BCUT2D eigenvalue weighted by atomic mass is 32.2. The first kappa shape index (κ1) is 20.8. The van der Waals surface area contributed by atoms with Crippen LogP contribution in [0.2, 0.25) is 0 Å². The first-order valence-electron chi connectivity index (χ1n) is 9.88. The van der Waals surface area contributed by atoms with Gasteiger partial charge in [0, 0.05) is 19.1 Å². The Labute approximate surface area is 167 Å². The summed E-state index contributed by atoms with van der Waals surface area (Å²) in [5, 5.41) is 15.2. The topological polar surface area (TPSA) is 102 Å². The Balaban J connectivity index is 1.70. The van der Waals surface area contributed by atoms with E-state index in [2.05, 4.69) is 10.6 Å². The van der Waals surface area contributed by atoms with Crippen LogP contribution in [0.1, 0.15) is 38.2 Å². The molecular formula is C20H28N4O3S. The van der Waals surface area contributed by atoms with E-state index in [-0.39, 0.29) is 34.7 Å². The molecule has 2 fully saturated rings. The third kappa shape index (κ3) is 4.07. The van der Waals surface area contributed by atoms with Crippen LogP contribution in [0, 0.1) is 23.2 Å². The van der Waals surface area contributed by atoms with Crippen molar-refractivity contribution in [3.05, 3.63) is 29.8 Å². The van der Waals surface area contributed by atoms with Gasteiger partial charge >= 0.3 is 0 Å².